The second kappa shape index (κ2) is 9.30. The third-order valence-electron chi connectivity index (χ3n) is 4.23. The molecule has 3 rings (SSSR count). The van der Waals surface area contributed by atoms with Gasteiger partial charge in [0.25, 0.3) is 11.8 Å². The maximum atomic E-state index is 12.2. The summed E-state index contributed by atoms with van der Waals surface area (Å²) in [5, 5.41) is 2.72. The summed E-state index contributed by atoms with van der Waals surface area (Å²) in [5.41, 5.74) is 5.48. The Kier molecular flexibility index (Phi) is 6.57. The average molecular weight is 413 g/mol. The van der Waals surface area contributed by atoms with Crippen LogP contribution in [0.5, 0.6) is 11.5 Å². The summed E-state index contributed by atoms with van der Waals surface area (Å²) < 4.78 is 11.0. The summed E-state index contributed by atoms with van der Waals surface area (Å²) in [6.07, 6.45) is -0.795. The van der Waals surface area contributed by atoms with Gasteiger partial charge in [-0.2, -0.15) is 0 Å². The van der Waals surface area contributed by atoms with E-state index in [2.05, 4.69) is 10.9 Å². The van der Waals surface area contributed by atoms with Crippen molar-refractivity contribution in [2.24, 2.45) is 0 Å². The minimum atomic E-state index is -0.795. The third-order valence-corrected chi connectivity index (χ3v) is 4.65. The molecule has 29 heavy (non-hydrogen) atoms. The van der Waals surface area contributed by atoms with Crippen molar-refractivity contribution in [2.75, 3.05) is 6.61 Å². The highest BCUT2D eigenvalue weighted by Crippen LogP contribution is 2.22. The highest BCUT2D eigenvalue weighted by atomic mass is 35.5. The maximum Gasteiger partial charge on any atom is 0.279 e. The molecule has 2 N–H and O–H groups in total. The number of halogens is 1. The first-order valence-electron chi connectivity index (χ1n) is 9.05. The van der Waals surface area contributed by atoms with Gasteiger partial charge in [0.15, 0.2) is 12.7 Å². The SMILES string of the molecule is Cc1cc(OCC(=O)NNC(=O)[C@@H](C)Oc2ccc3ccccc3c2)ccc1Cl. The first-order chi connectivity index (χ1) is 13.9. The molecular weight excluding hydrogens is 392 g/mol. The molecular formula is C22H21ClN2O4. The van der Waals surface area contributed by atoms with Crippen LogP contribution in [0.1, 0.15) is 12.5 Å². The zero-order valence-corrected chi connectivity index (χ0v) is 16.8. The van der Waals surface area contributed by atoms with Gasteiger partial charge in [-0.05, 0) is 60.5 Å². The molecule has 0 saturated carbocycles. The monoisotopic (exact) mass is 412 g/mol. The Bertz CT molecular complexity index is 1040. The van der Waals surface area contributed by atoms with E-state index in [0.29, 0.717) is 16.5 Å². The highest BCUT2D eigenvalue weighted by Gasteiger charge is 2.16. The van der Waals surface area contributed by atoms with Gasteiger partial charge in [0.1, 0.15) is 11.5 Å². The standard InChI is InChI=1S/C22H21ClN2O4/c1-14-11-18(9-10-20(14)23)28-13-21(26)24-25-22(27)15(2)29-19-8-7-16-5-3-4-6-17(16)12-19/h3-12,15H,13H2,1-2H3,(H,24,26)(H,25,27)/t15-/m1/s1. The molecule has 0 aliphatic heterocycles. The van der Waals surface area contributed by atoms with Crippen molar-refractivity contribution in [1.29, 1.82) is 0 Å². The number of ether oxygens (including phenoxy) is 2. The minimum absolute atomic E-state index is 0.249. The molecule has 0 saturated heterocycles. The summed E-state index contributed by atoms with van der Waals surface area (Å²) in [6.45, 7) is 3.19. The molecule has 0 aromatic heterocycles. The Hall–Kier alpha value is -3.25. The van der Waals surface area contributed by atoms with E-state index in [0.717, 1.165) is 16.3 Å². The van der Waals surface area contributed by atoms with Crippen molar-refractivity contribution in [1.82, 2.24) is 10.9 Å². The Balaban J connectivity index is 1.46. The number of nitrogens with one attached hydrogen (secondary N) is 2. The number of amides is 2. The molecule has 0 aliphatic carbocycles. The number of carbonyl (C=O) groups excluding carboxylic acids is 2. The van der Waals surface area contributed by atoms with Crippen LogP contribution in [0.4, 0.5) is 0 Å². The van der Waals surface area contributed by atoms with Gasteiger partial charge in [-0.3, -0.25) is 20.4 Å². The van der Waals surface area contributed by atoms with Crippen LogP contribution in [0.25, 0.3) is 10.8 Å². The first-order valence-corrected chi connectivity index (χ1v) is 9.43. The second-order valence-corrected chi connectivity index (χ2v) is 6.91. The average Bonchev–Trinajstić information content (AvgIpc) is 2.72. The fraction of sp³-hybridized carbons (Fsp3) is 0.182. The number of rotatable bonds is 6. The molecule has 0 bridgehead atoms. The normalized spacial score (nSPS) is 11.6. The van der Waals surface area contributed by atoms with Crippen LogP contribution in [0.15, 0.2) is 60.7 Å². The molecule has 0 aliphatic rings. The number of hydrogen-bond donors (Lipinski definition) is 2. The van der Waals surface area contributed by atoms with E-state index in [-0.39, 0.29) is 6.61 Å². The van der Waals surface area contributed by atoms with E-state index >= 15 is 0 Å². The molecule has 3 aromatic rings. The van der Waals surface area contributed by atoms with Crippen LogP contribution in [-0.2, 0) is 9.59 Å². The van der Waals surface area contributed by atoms with Gasteiger partial charge in [-0.15, -0.1) is 0 Å². The lowest BCUT2D eigenvalue weighted by Gasteiger charge is -2.15. The Morgan fingerprint density at radius 3 is 2.45 bits per heavy atom. The van der Waals surface area contributed by atoms with Gasteiger partial charge in [-0.1, -0.05) is 41.9 Å². The number of benzene rings is 3. The molecule has 1 atom stereocenters. The summed E-state index contributed by atoms with van der Waals surface area (Å²) in [6, 6.07) is 18.5. The van der Waals surface area contributed by atoms with Gasteiger partial charge in [0, 0.05) is 5.02 Å². The summed E-state index contributed by atoms with van der Waals surface area (Å²) in [4.78, 5) is 24.0. The van der Waals surface area contributed by atoms with Crippen molar-refractivity contribution >= 4 is 34.2 Å². The lowest BCUT2D eigenvalue weighted by atomic mass is 10.1. The number of carbonyl (C=O) groups is 2. The highest BCUT2D eigenvalue weighted by molar-refractivity contribution is 6.31. The molecule has 150 valence electrons. The van der Waals surface area contributed by atoms with E-state index in [1.165, 1.54) is 0 Å². The van der Waals surface area contributed by atoms with Crippen LogP contribution in [0, 0.1) is 6.92 Å². The van der Waals surface area contributed by atoms with Crippen LogP contribution in [0.2, 0.25) is 5.02 Å². The van der Waals surface area contributed by atoms with E-state index < -0.39 is 17.9 Å². The van der Waals surface area contributed by atoms with Crippen LogP contribution in [0.3, 0.4) is 0 Å². The largest absolute Gasteiger partial charge is 0.484 e. The van der Waals surface area contributed by atoms with Gasteiger partial charge in [0.05, 0.1) is 0 Å². The Morgan fingerprint density at radius 1 is 0.966 bits per heavy atom. The lowest BCUT2D eigenvalue weighted by Crippen LogP contribution is -2.48. The molecule has 3 aromatic carbocycles. The van der Waals surface area contributed by atoms with E-state index in [1.54, 1.807) is 31.2 Å². The number of fused-ring (bicyclic) bond motifs is 1. The molecule has 7 heteroatoms. The van der Waals surface area contributed by atoms with Crippen LogP contribution < -0.4 is 20.3 Å². The first kappa shape index (κ1) is 20.5. The Labute approximate surface area is 173 Å². The molecule has 0 unspecified atom stereocenters. The quantitative estimate of drug-likeness (QED) is 0.604. The summed E-state index contributed by atoms with van der Waals surface area (Å²) in [5.74, 6) is 0.109. The van der Waals surface area contributed by atoms with Crippen molar-refractivity contribution < 1.29 is 19.1 Å². The lowest BCUT2D eigenvalue weighted by molar-refractivity contribution is -0.133. The zero-order chi connectivity index (χ0) is 20.8. The van der Waals surface area contributed by atoms with Crippen molar-refractivity contribution in [3.8, 4) is 11.5 Å². The van der Waals surface area contributed by atoms with E-state index in [1.807, 2.05) is 43.3 Å². The summed E-state index contributed by atoms with van der Waals surface area (Å²) >= 11 is 5.95. The van der Waals surface area contributed by atoms with Crippen LogP contribution in [-0.4, -0.2) is 24.5 Å². The smallest absolute Gasteiger partial charge is 0.279 e. The maximum absolute atomic E-state index is 12.2. The fourth-order valence-corrected chi connectivity index (χ4v) is 2.74. The van der Waals surface area contributed by atoms with Gasteiger partial charge >= 0.3 is 0 Å². The summed E-state index contributed by atoms with van der Waals surface area (Å²) in [7, 11) is 0. The molecule has 0 spiro atoms. The molecule has 0 fully saturated rings. The van der Waals surface area contributed by atoms with Crippen LogP contribution >= 0.6 is 11.6 Å². The van der Waals surface area contributed by atoms with Crippen molar-refractivity contribution in [2.45, 2.75) is 20.0 Å². The zero-order valence-electron chi connectivity index (χ0n) is 16.1. The van der Waals surface area contributed by atoms with Crippen molar-refractivity contribution in [3.63, 3.8) is 0 Å². The third kappa shape index (κ3) is 5.62. The van der Waals surface area contributed by atoms with Gasteiger partial charge in [0.2, 0.25) is 0 Å². The number of hydrogen-bond acceptors (Lipinski definition) is 4. The number of hydrazine groups is 1. The molecule has 0 heterocycles. The van der Waals surface area contributed by atoms with Gasteiger partial charge in [-0.25, -0.2) is 0 Å². The number of aryl methyl sites for hydroxylation is 1. The second-order valence-electron chi connectivity index (χ2n) is 6.51. The van der Waals surface area contributed by atoms with Gasteiger partial charge < -0.3 is 9.47 Å². The van der Waals surface area contributed by atoms with Crippen molar-refractivity contribution in [3.05, 3.63) is 71.2 Å². The molecule has 6 nitrogen and oxygen atoms in total. The fourth-order valence-electron chi connectivity index (χ4n) is 2.62. The predicted molar refractivity (Wildman–Crippen MR) is 112 cm³/mol. The molecule has 2 amide bonds. The minimum Gasteiger partial charge on any atom is -0.484 e. The predicted octanol–water partition coefficient (Wildman–Crippen LogP) is 3.80. The molecule has 0 radical (unpaired) electrons. The Morgan fingerprint density at radius 2 is 1.69 bits per heavy atom. The van der Waals surface area contributed by atoms with E-state index in [4.69, 9.17) is 21.1 Å². The van der Waals surface area contributed by atoms with E-state index in [9.17, 15) is 9.59 Å². The topological polar surface area (TPSA) is 76.7 Å².